The summed E-state index contributed by atoms with van der Waals surface area (Å²) in [7, 11) is 1.80. The Bertz CT molecular complexity index is 476. The van der Waals surface area contributed by atoms with Crippen LogP contribution in [0.1, 0.15) is 18.4 Å². The van der Waals surface area contributed by atoms with Crippen LogP contribution in [0.4, 0.5) is 18.9 Å². The maximum absolute atomic E-state index is 12.2. The lowest BCUT2D eigenvalue weighted by Gasteiger charge is -2.14. The average molecular weight is 304 g/mol. The van der Waals surface area contributed by atoms with Gasteiger partial charge in [0.1, 0.15) is 5.75 Å². The lowest BCUT2D eigenvalue weighted by molar-refractivity contribution is -0.153. The molecule has 0 aliphatic heterocycles. The zero-order valence-electron chi connectivity index (χ0n) is 12.0. The molecule has 1 aromatic rings. The van der Waals surface area contributed by atoms with Gasteiger partial charge >= 0.3 is 6.18 Å². The molecule has 1 aromatic carbocycles. The zero-order chi connectivity index (χ0) is 15.9. The number of benzene rings is 1. The van der Waals surface area contributed by atoms with Crippen molar-refractivity contribution >= 4 is 11.6 Å². The number of anilines is 1. The number of hydrogen-bond donors (Lipinski definition) is 2. The quantitative estimate of drug-likeness (QED) is 0.762. The smallest absolute Gasteiger partial charge is 0.422 e. The van der Waals surface area contributed by atoms with E-state index in [-0.39, 0.29) is 11.7 Å². The van der Waals surface area contributed by atoms with Crippen LogP contribution in [0.15, 0.2) is 18.2 Å². The molecule has 0 aromatic heterocycles. The van der Waals surface area contributed by atoms with E-state index in [1.165, 1.54) is 6.07 Å². The van der Waals surface area contributed by atoms with Crippen LogP contribution in [0.25, 0.3) is 0 Å². The molecular weight excluding hydrogens is 285 g/mol. The first-order chi connectivity index (χ1) is 9.83. The van der Waals surface area contributed by atoms with Crippen molar-refractivity contribution in [3.05, 3.63) is 23.8 Å². The number of halogens is 3. The molecule has 0 fully saturated rings. The van der Waals surface area contributed by atoms with Gasteiger partial charge in [0.25, 0.3) is 0 Å². The van der Waals surface area contributed by atoms with Crippen LogP contribution in [0.3, 0.4) is 0 Å². The predicted octanol–water partition coefficient (Wildman–Crippen LogP) is 2.87. The molecule has 0 saturated heterocycles. The van der Waals surface area contributed by atoms with E-state index in [0.29, 0.717) is 24.1 Å². The molecule has 0 radical (unpaired) electrons. The van der Waals surface area contributed by atoms with E-state index in [9.17, 15) is 18.0 Å². The maximum Gasteiger partial charge on any atom is 0.422 e. The normalized spacial score (nSPS) is 11.3. The van der Waals surface area contributed by atoms with E-state index < -0.39 is 12.8 Å². The summed E-state index contributed by atoms with van der Waals surface area (Å²) in [4.78, 5) is 11.7. The molecule has 1 rings (SSSR count). The maximum atomic E-state index is 12.2. The zero-order valence-corrected chi connectivity index (χ0v) is 12.0. The van der Waals surface area contributed by atoms with E-state index in [4.69, 9.17) is 4.74 Å². The highest BCUT2D eigenvalue weighted by Crippen LogP contribution is 2.27. The van der Waals surface area contributed by atoms with Crippen molar-refractivity contribution in [3.8, 4) is 5.75 Å². The summed E-state index contributed by atoms with van der Waals surface area (Å²) in [6.45, 7) is 0.976. The molecule has 0 saturated carbocycles. The first kappa shape index (κ1) is 17.3. The Labute approximate surface area is 121 Å². The summed E-state index contributed by atoms with van der Waals surface area (Å²) in [5, 5.41) is 5.61. The van der Waals surface area contributed by atoms with Crippen LogP contribution in [-0.2, 0) is 4.79 Å². The third-order valence-corrected chi connectivity index (χ3v) is 2.78. The number of ether oxygens (including phenoxy) is 1. The Morgan fingerprint density at radius 1 is 1.33 bits per heavy atom. The highest BCUT2D eigenvalue weighted by atomic mass is 19.4. The van der Waals surface area contributed by atoms with Gasteiger partial charge in [-0.1, -0.05) is 6.07 Å². The van der Waals surface area contributed by atoms with Gasteiger partial charge in [-0.2, -0.15) is 13.2 Å². The third-order valence-electron chi connectivity index (χ3n) is 2.78. The van der Waals surface area contributed by atoms with Crippen LogP contribution in [0.5, 0.6) is 5.75 Å². The monoisotopic (exact) mass is 304 g/mol. The van der Waals surface area contributed by atoms with E-state index in [1.54, 1.807) is 26.1 Å². The van der Waals surface area contributed by atoms with Crippen molar-refractivity contribution in [3.63, 3.8) is 0 Å². The lowest BCUT2D eigenvalue weighted by atomic mass is 10.1. The van der Waals surface area contributed by atoms with Crippen molar-refractivity contribution in [1.82, 2.24) is 5.32 Å². The van der Waals surface area contributed by atoms with Gasteiger partial charge in [-0.15, -0.1) is 0 Å². The second-order valence-corrected chi connectivity index (χ2v) is 4.59. The number of hydrogen-bond acceptors (Lipinski definition) is 3. The minimum atomic E-state index is -4.39. The number of carbonyl (C=O) groups excluding carboxylic acids is 1. The van der Waals surface area contributed by atoms with Crippen LogP contribution in [-0.4, -0.2) is 32.3 Å². The largest absolute Gasteiger partial charge is 0.484 e. The van der Waals surface area contributed by atoms with Gasteiger partial charge < -0.3 is 15.4 Å². The molecule has 0 heterocycles. The molecule has 118 valence electrons. The van der Waals surface area contributed by atoms with Gasteiger partial charge in [-0.05, 0) is 39.1 Å². The topological polar surface area (TPSA) is 50.4 Å². The summed E-state index contributed by atoms with van der Waals surface area (Å²) < 4.78 is 41.2. The number of amides is 1. The fraction of sp³-hybridized carbons (Fsp3) is 0.500. The molecule has 0 spiro atoms. The summed E-state index contributed by atoms with van der Waals surface area (Å²) in [5.41, 5.74) is 0.938. The summed E-state index contributed by atoms with van der Waals surface area (Å²) in [5.74, 6) is -0.0679. The molecule has 0 aliphatic carbocycles. The van der Waals surface area contributed by atoms with E-state index in [1.807, 2.05) is 0 Å². The van der Waals surface area contributed by atoms with Crippen molar-refractivity contribution in [1.29, 1.82) is 0 Å². The van der Waals surface area contributed by atoms with E-state index in [0.717, 1.165) is 6.54 Å². The first-order valence-electron chi connectivity index (χ1n) is 6.57. The van der Waals surface area contributed by atoms with Crippen LogP contribution < -0.4 is 15.4 Å². The van der Waals surface area contributed by atoms with Crippen molar-refractivity contribution in [2.75, 3.05) is 25.5 Å². The molecule has 4 nitrogen and oxygen atoms in total. The average Bonchev–Trinajstić information content (AvgIpc) is 2.39. The van der Waals surface area contributed by atoms with E-state index in [2.05, 4.69) is 10.6 Å². The van der Waals surface area contributed by atoms with Gasteiger partial charge in [0, 0.05) is 17.7 Å². The highest BCUT2D eigenvalue weighted by molar-refractivity contribution is 5.91. The Morgan fingerprint density at radius 2 is 2.05 bits per heavy atom. The molecule has 0 atom stereocenters. The predicted molar refractivity (Wildman–Crippen MR) is 74.5 cm³/mol. The lowest BCUT2D eigenvalue weighted by Crippen LogP contribution is -2.20. The Balaban J connectivity index is 2.65. The van der Waals surface area contributed by atoms with Gasteiger partial charge in [0.2, 0.25) is 5.91 Å². The van der Waals surface area contributed by atoms with E-state index >= 15 is 0 Å². The van der Waals surface area contributed by atoms with Crippen LogP contribution in [0.2, 0.25) is 0 Å². The molecule has 2 N–H and O–H groups in total. The van der Waals surface area contributed by atoms with Crippen LogP contribution >= 0.6 is 0 Å². The summed E-state index contributed by atoms with van der Waals surface area (Å²) >= 11 is 0. The molecule has 7 heteroatoms. The van der Waals surface area contributed by atoms with Crippen molar-refractivity contribution in [2.45, 2.75) is 25.9 Å². The van der Waals surface area contributed by atoms with Gasteiger partial charge in [0.05, 0.1) is 0 Å². The molecule has 0 bridgehead atoms. The minimum Gasteiger partial charge on any atom is -0.484 e. The fourth-order valence-corrected chi connectivity index (χ4v) is 1.70. The molecular formula is C14H19F3N2O2. The summed E-state index contributed by atoms with van der Waals surface area (Å²) in [6.07, 6.45) is -3.36. The molecule has 0 aliphatic rings. The van der Waals surface area contributed by atoms with Gasteiger partial charge in [-0.25, -0.2) is 0 Å². The Morgan fingerprint density at radius 3 is 2.67 bits per heavy atom. The van der Waals surface area contributed by atoms with Crippen LogP contribution in [0, 0.1) is 6.92 Å². The standard InChI is InChI=1S/C14H19F3N2O2/c1-10-11(19-13(20)7-4-8-18-2)5-3-6-12(10)21-9-14(15,16)17/h3,5-6,18H,4,7-9H2,1-2H3,(H,19,20). The molecule has 1 amide bonds. The number of nitrogens with one attached hydrogen (secondary N) is 2. The molecule has 0 unspecified atom stereocenters. The van der Waals surface area contributed by atoms with Crippen molar-refractivity contribution in [2.24, 2.45) is 0 Å². The SMILES string of the molecule is CNCCCC(=O)Nc1cccc(OCC(F)(F)F)c1C. The number of carbonyl (C=O) groups is 1. The second kappa shape index (κ2) is 7.87. The number of rotatable bonds is 7. The van der Waals surface area contributed by atoms with Gasteiger partial charge in [-0.3, -0.25) is 4.79 Å². The van der Waals surface area contributed by atoms with Crippen molar-refractivity contribution < 1.29 is 22.7 Å². The Kier molecular flexibility index (Phi) is 6.48. The van der Waals surface area contributed by atoms with Gasteiger partial charge in [0.15, 0.2) is 6.61 Å². The minimum absolute atomic E-state index is 0.111. The number of alkyl halides is 3. The second-order valence-electron chi connectivity index (χ2n) is 4.59. The third kappa shape index (κ3) is 6.48. The fourth-order valence-electron chi connectivity index (χ4n) is 1.70. The highest BCUT2D eigenvalue weighted by Gasteiger charge is 2.28. The molecule has 21 heavy (non-hydrogen) atoms. The summed E-state index contributed by atoms with van der Waals surface area (Å²) in [6, 6.07) is 4.62. The Hall–Kier alpha value is -1.76. The first-order valence-corrected chi connectivity index (χ1v) is 6.57.